The van der Waals surface area contributed by atoms with Crippen LogP contribution < -0.4 is 0 Å². The van der Waals surface area contributed by atoms with Crippen LogP contribution in [0.15, 0.2) is 34.9 Å². The fourth-order valence-electron chi connectivity index (χ4n) is 8.62. The van der Waals surface area contributed by atoms with E-state index in [1.807, 2.05) is 13.8 Å². The molecule has 8 heteroatoms. The Morgan fingerprint density at radius 3 is 2.30 bits per heavy atom. The third-order valence-corrected chi connectivity index (χ3v) is 11.2. The van der Waals surface area contributed by atoms with Gasteiger partial charge in [-0.15, -0.1) is 0 Å². The largest absolute Gasteiger partial charge is 0.454 e. The average molecular weight is 601 g/mol. The smallest absolute Gasteiger partial charge is 0.333 e. The lowest BCUT2D eigenvalue weighted by Gasteiger charge is -2.53. The molecule has 240 valence electrons. The van der Waals surface area contributed by atoms with Gasteiger partial charge in [0.15, 0.2) is 11.4 Å². The van der Waals surface area contributed by atoms with Gasteiger partial charge in [0.1, 0.15) is 11.7 Å². The summed E-state index contributed by atoms with van der Waals surface area (Å²) >= 11 is 0. The number of ether oxygens (including phenoxy) is 2. The summed E-state index contributed by atoms with van der Waals surface area (Å²) in [5, 5.41) is 35.0. The first-order valence-electron chi connectivity index (χ1n) is 16.2. The van der Waals surface area contributed by atoms with Crippen molar-refractivity contribution in [3.8, 4) is 0 Å². The highest BCUT2D eigenvalue weighted by atomic mass is 16.6. The standard InChI is InChI=1S/C35H52O8/c1-8-10-11-12-13-14-15-16-27(37)43-35-28(32(35,6)7)25-18-24(20-36)19-33(40)26(17-22(4)29(33)38)34(25,41)23(5)30(35)42-31(39)21(3)9-2/h9,17-18,23,25-26,28,30,36,40-41H,8,10-16,19-20H2,1-7H3. The monoisotopic (exact) mass is 600 g/mol. The first kappa shape index (κ1) is 33.6. The molecule has 0 radical (unpaired) electrons. The Bertz CT molecular complexity index is 1210. The third kappa shape index (κ3) is 5.25. The van der Waals surface area contributed by atoms with Crippen LogP contribution in [-0.2, 0) is 23.9 Å². The number of aliphatic hydroxyl groups is 3. The summed E-state index contributed by atoms with van der Waals surface area (Å²) in [6.45, 7) is 12.4. The quantitative estimate of drug-likeness (QED) is 0.122. The van der Waals surface area contributed by atoms with Gasteiger partial charge in [-0.25, -0.2) is 4.79 Å². The molecule has 4 aliphatic rings. The van der Waals surface area contributed by atoms with E-state index in [9.17, 15) is 29.7 Å². The normalized spacial score (nSPS) is 37.8. The van der Waals surface area contributed by atoms with Crippen LogP contribution in [-0.4, -0.2) is 62.6 Å². The highest BCUT2D eigenvalue weighted by molar-refractivity contribution is 6.04. The van der Waals surface area contributed by atoms with E-state index in [-0.39, 0.29) is 25.4 Å². The number of ketones is 1. The van der Waals surface area contributed by atoms with Gasteiger partial charge in [0, 0.05) is 47.5 Å². The molecule has 0 spiro atoms. The van der Waals surface area contributed by atoms with Crippen molar-refractivity contribution in [2.24, 2.45) is 29.1 Å². The van der Waals surface area contributed by atoms with Crippen LogP contribution in [0.2, 0.25) is 0 Å². The highest BCUT2D eigenvalue weighted by Crippen LogP contribution is 2.77. The third-order valence-electron chi connectivity index (χ3n) is 11.2. The maximum atomic E-state index is 13.5. The molecule has 4 aliphatic carbocycles. The van der Waals surface area contributed by atoms with Gasteiger partial charge in [0.25, 0.3) is 0 Å². The van der Waals surface area contributed by atoms with E-state index < -0.39 is 63.7 Å². The van der Waals surface area contributed by atoms with Crippen molar-refractivity contribution < 1.29 is 39.2 Å². The highest BCUT2D eigenvalue weighted by Gasteiger charge is 2.88. The topological polar surface area (TPSA) is 130 Å². The van der Waals surface area contributed by atoms with Gasteiger partial charge in [0.05, 0.1) is 12.2 Å². The van der Waals surface area contributed by atoms with E-state index in [0.29, 0.717) is 23.1 Å². The van der Waals surface area contributed by atoms with Gasteiger partial charge < -0.3 is 24.8 Å². The molecule has 0 amide bonds. The number of esters is 2. The molecule has 43 heavy (non-hydrogen) atoms. The van der Waals surface area contributed by atoms with Crippen molar-refractivity contribution in [2.75, 3.05) is 6.61 Å². The van der Waals surface area contributed by atoms with Crippen LogP contribution >= 0.6 is 0 Å². The second kappa shape index (κ2) is 12.2. The van der Waals surface area contributed by atoms with Gasteiger partial charge >= 0.3 is 11.9 Å². The molecule has 0 aromatic heterocycles. The number of allylic oxidation sites excluding steroid dienone is 1. The number of rotatable bonds is 12. The Hall–Kier alpha value is -2.29. The van der Waals surface area contributed by atoms with E-state index in [4.69, 9.17) is 9.47 Å². The summed E-state index contributed by atoms with van der Waals surface area (Å²) in [5.74, 6) is -4.44. The van der Waals surface area contributed by atoms with Crippen molar-refractivity contribution in [1.82, 2.24) is 0 Å². The van der Waals surface area contributed by atoms with Gasteiger partial charge in [-0.1, -0.05) is 84.4 Å². The van der Waals surface area contributed by atoms with E-state index in [1.165, 1.54) is 19.3 Å². The second-order valence-electron chi connectivity index (χ2n) is 14.1. The SMILES string of the molecule is CC=C(C)C(=O)OC1C(C)C2(O)C(C=C(CO)CC3(O)C(=O)C(C)=CC32)C2C(C)(C)C12OC(=O)CCCCCCCCC. The molecule has 2 fully saturated rings. The first-order valence-corrected chi connectivity index (χ1v) is 16.2. The van der Waals surface area contributed by atoms with Crippen molar-refractivity contribution in [3.05, 3.63) is 34.9 Å². The lowest BCUT2D eigenvalue weighted by molar-refractivity contribution is -0.227. The Morgan fingerprint density at radius 1 is 1.07 bits per heavy atom. The first-order chi connectivity index (χ1) is 20.2. The number of aliphatic hydroxyl groups excluding tert-OH is 1. The van der Waals surface area contributed by atoms with Gasteiger partial charge in [-0.2, -0.15) is 0 Å². The van der Waals surface area contributed by atoms with Crippen molar-refractivity contribution in [3.63, 3.8) is 0 Å². The predicted octanol–water partition coefficient (Wildman–Crippen LogP) is 5.14. The Labute approximate surface area is 256 Å². The molecular formula is C35H52O8. The number of hydrogen-bond acceptors (Lipinski definition) is 8. The van der Waals surface area contributed by atoms with Crippen molar-refractivity contribution in [2.45, 2.75) is 129 Å². The number of hydrogen-bond donors (Lipinski definition) is 3. The van der Waals surface area contributed by atoms with E-state index in [1.54, 1.807) is 45.9 Å². The molecule has 8 atom stereocenters. The van der Waals surface area contributed by atoms with Gasteiger partial charge in [0.2, 0.25) is 0 Å². The molecule has 8 unspecified atom stereocenters. The number of carbonyl (C=O) groups excluding carboxylic acids is 3. The summed E-state index contributed by atoms with van der Waals surface area (Å²) in [7, 11) is 0. The average Bonchev–Trinajstić information content (AvgIpc) is 3.39. The fraction of sp³-hybridized carbons (Fsp3) is 0.743. The Morgan fingerprint density at radius 2 is 1.70 bits per heavy atom. The molecular weight excluding hydrogens is 548 g/mol. The molecule has 3 N–H and O–H groups in total. The Kier molecular flexibility index (Phi) is 9.57. The summed E-state index contributed by atoms with van der Waals surface area (Å²) in [5.41, 5.74) is -4.46. The number of Topliss-reactive ketones (excluding diaryl/α,β-unsaturated/α-hetero) is 1. The minimum atomic E-state index is -1.95. The minimum absolute atomic E-state index is 0.118. The number of fused-ring (bicyclic) bond motifs is 5. The molecule has 0 heterocycles. The maximum absolute atomic E-state index is 13.5. The minimum Gasteiger partial charge on any atom is -0.454 e. The molecule has 2 saturated carbocycles. The van der Waals surface area contributed by atoms with Gasteiger partial charge in [-0.3, -0.25) is 9.59 Å². The number of unbranched alkanes of at least 4 members (excludes halogenated alkanes) is 6. The Balaban J connectivity index is 1.73. The predicted molar refractivity (Wildman–Crippen MR) is 163 cm³/mol. The van der Waals surface area contributed by atoms with E-state index in [2.05, 4.69) is 6.92 Å². The molecule has 0 aliphatic heterocycles. The van der Waals surface area contributed by atoms with Crippen LogP contribution in [0, 0.1) is 29.1 Å². The van der Waals surface area contributed by atoms with Crippen LogP contribution in [0.5, 0.6) is 0 Å². The van der Waals surface area contributed by atoms with Crippen LogP contribution in [0.3, 0.4) is 0 Å². The molecule has 4 rings (SSSR count). The second-order valence-corrected chi connectivity index (χ2v) is 14.1. The van der Waals surface area contributed by atoms with Gasteiger partial charge in [-0.05, 0) is 38.3 Å². The maximum Gasteiger partial charge on any atom is 0.333 e. The molecule has 0 aromatic rings. The van der Waals surface area contributed by atoms with E-state index in [0.717, 1.165) is 19.3 Å². The zero-order valence-electron chi connectivity index (χ0n) is 27.1. The molecule has 8 nitrogen and oxygen atoms in total. The van der Waals surface area contributed by atoms with Crippen LogP contribution in [0.25, 0.3) is 0 Å². The number of carbonyl (C=O) groups is 3. The molecule has 0 aromatic carbocycles. The fourth-order valence-corrected chi connectivity index (χ4v) is 8.62. The van der Waals surface area contributed by atoms with Crippen molar-refractivity contribution in [1.29, 1.82) is 0 Å². The molecule has 0 bridgehead atoms. The summed E-state index contributed by atoms with van der Waals surface area (Å²) in [4.78, 5) is 40.0. The van der Waals surface area contributed by atoms with Crippen molar-refractivity contribution >= 4 is 17.7 Å². The van der Waals surface area contributed by atoms with Crippen LogP contribution in [0.4, 0.5) is 0 Å². The zero-order valence-corrected chi connectivity index (χ0v) is 27.1. The zero-order chi connectivity index (χ0) is 32.0. The lowest BCUT2D eigenvalue weighted by Crippen LogP contribution is -2.66. The summed E-state index contributed by atoms with van der Waals surface area (Å²) in [6, 6.07) is 0. The summed E-state index contributed by atoms with van der Waals surface area (Å²) in [6.07, 6.45) is 11.6. The summed E-state index contributed by atoms with van der Waals surface area (Å²) < 4.78 is 12.6. The van der Waals surface area contributed by atoms with Crippen LogP contribution in [0.1, 0.15) is 106 Å². The molecule has 0 saturated heterocycles. The van der Waals surface area contributed by atoms with E-state index >= 15 is 0 Å². The lowest BCUT2D eigenvalue weighted by atomic mass is 9.59.